The number of hydrogen-bond donors (Lipinski definition) is 1. The lowest BCUT2D eigenvalue weighted by Gasteiger charge is -2.71. The fourth-order valence-corrected chi connectivity index (χ4v) is 7.42. The predicted molar refractivity (Wildman–Crippen MR) is 138 cm³/mol. The first-order valence-electron chi connectivity index (χ1n) is 12.9. The van der Waals surface area contributed by atoms with E-state index in [9.17, 15) is 9.59 Å². The molecule has 2 bridgehead atoms. The van der Waals surface area contributed by atoms with Crippen molar-refractivity contribution in [2.75, 3.05) is 7.11 Å². The Hall–Kier alpha value is -2.01. The van der Waals surface area contributed by atoms with Crippen molar-refractivity contribution in [1.82, 2.24) is 10.2 Å². The van der Waals surface area contributed by atoms with E-state index in [2.05, 4.69) is 71.3 Å². The first-order valence-corrected chi connectivity index (χ1v) is 13.3. The molecule has 1 N–H and O–H groups in total. The average Bonchev–Trinajstić information content (AvgIpc) is 2.90. The summed E-state index contributed by atoms with van der Waals surface area (Å²) in [6.07, 6.45) is 6.98. The number of methoxy groups -OCH3 is 1. The molecule has 5 aliphatic rings. The van der Waals surface area contributed by atoms with Crippen molar-refractivity contribution in [2.45, 2.75) is 91.1 Å². The van der Waals surface area contributed by atoms with Crippen molar-refractivity contribution < 1.29 is 14.3 Å². The number of fused-ring (bicyclic) bond motifs is 1. The van der Waals surface area contributed by atoms with Gasteiger partial charge in [-0.2, -0.15) is 0 Å². The predicted octanol–water partition coefficient (Wildman–Crippen LogP) is 6.58. The van der Waals surface area contributed by atoms with Gasteiger partial charge in [0.1, 0.15) is 0 Å². The standard InChI is InChI=1S/C29H39ClN2O3/c1-18-21-13-32(28-15-27(16-28,17-28)23(33)35-7)24(34)31-29(21,14-26(18,5)6)20-9-8-19(22(30)12-20)10-11-25(2,3)4/h8-9,12-13,18H,10-11,14-17H2,1-7H3,(H,31,34)/t18-,27?,28?,29?/m1/s1. The van der Waals surface area contributed by atoms with Gasteiger partial charge in [0.15, 0.2) is 0 Å². The maximum Gasteiger partial charge on any atom is 0.322 e. The van der Waals surface area contributed by atoms with E-state index in [0.717, 1.165) is 35.4 Å². The summed E-state index contributed by atoms with van der Waals surface area (Å²) in [6, 6.07) is 6.30. The molecule has 5 nitrogen and oxygen atoms in total. The molecule has 4 saturated carbocycles. The van der Waals surface area contributed by atoms with Crippen LogP contribution in [0.25, 0.3) is 0 Å². The minimum absolute atomic E-state index is 0.0131. The molecule has 6 rings (SSSR count). The smallest absolute Gasteiger partial charge is 0.322 e. The van der Waals surface area contributed by atoms with Gasteiger partial charge in [-0.25, -0.2) is 4.79 Å². The summed E-state index contributed by atoms with van der Waals surface area (Å²) in [6.45, 7) is 13.6. The second-order valence-electron chi connectivity index (χ2n) is 13.6. The number of carbonyl (C=O) groups excluding carboxylic acids is 2. The van der Waals surface area contributed by atoms with E-state index >= 15 is 0 Å². The Bertz CT molecular complexity index is 1110. The number of rotatable bonds is 5. The summed E-state index contributed by atoms with van der Waals surface area (Å²) in [5.74, 6) is 0.141. The van der Waals surface area contributed by atoms with Crippen LogP contribution in [0, 0.1) is 22.2 Å². The Morgan fingerprint density at radius 1 is 1.20 bits per heavy atom. The van der Waals surface area contributed by atoms with Gasteiger partial charge in [0.05, 0.1) is 23.6 Å². The average molecular weight is 499 g/mol. The molecule has 190 valence electrons. The molecule has 2 atom stereocenters. The molecule has 1 aliphatic heterocycles. The van der Waals surface area contributed by atoms with Gasteiger partial charge in [-0.15, -0.1) is 0 Å². The van der Waals surface area contributed by atoms with Crippen molar-refractivity contribution in [3.63, 3.8) is 0 Å². The Labute approximate surface area is 214 Å². The maximum absolute atomic E-state index is 13.6. The van der Waals surface area contributed by atoms with Crippen molar-refractivity contribution in [3.05, 3.63) is 46.1 Å². The number of carbonyl (C=O) groups is 2. The Kier molecular flexibility index (Phi) is 5.29. The van der Waals surface area contributed by atoms with Crippen LogP contribution in [0.15, 0.2) is 30.0 Å². The molecular formula is C29H39ClN2O3. The number of urea groups is 1. The van der Waals surface area contributed by atoms with E-state index in [-0.39, 0.29) is 39.7 Å². The van der Waals surface area contributed by atoms with Crippen LogP contribution in [0.2, 0.25) is 5.02 Å². The van der Waals surface area contributed by atoms with E-state index in [0.29, 0.717) is 19.3 Å². The van der Waals surface area contributed by atoms with Crippen LogP contribution in [0.5, 0.6) is 0 Å². The highest BCUT2D eigenvalue weighted by Gasteiger charge is 2.76. The summed E-state index contributed by atoms with van der Waals surface area (Å²) >= 11 is 6.82. The quantitative estimate of drug-likeness (QED) is 0.466. The number of benzene rings is 1. The Balaban J connectivity index is 1.48. The van der Waals surface area contributed by atoms with Crippen LogP contribution in [-0.2, 0) is 21.5 Å². The molecule has 2 amide bonds. The largest absolute Gasteiger partial charge is 0.469 e. The second-order valence-corrected chi connectivity index (χ2v) is 14.0. The van der Waals surface area contributed by atoms with Crippen molar-refractivity contribution in [2.24, 2.45) is 22.2 Å². The molecule has 1 aromatic rings. The first kappa shape index (κ1) is 24.7. The molecule has 4 aliphatic carbocycles. The number of hydrogen-bond acceptors (Lipinski definition) is 3. The topological polar surface area (TPSA) is 58.6 Å². The van der Waals surface area contributed by atoms with Crippen molar-refractivity contribution in [3.8, 4) is 0 Å². The highest BCUT2D eigenvalue weighted by Crippen LogP contribution is 2.71. The SMILES string of the molecule is COC(=O)C12CC(N3C=C4[C@@H](C)C(C)(C)CC4(c4ccc(CCC(C)(C)C)c(Cl)c4)NC3=O)(C1)C2. The zero-order valence-corrected chi connectivity index (χ0v) is 22.9. The van der Waals surface area contributed by atoms with E-state index in [1.807, 2.05) is 4.90 Å². The number of nitrogens with one attached hydrogen (secondary N) is 1. The van der Waals surface area contributed by atoms with Crippen LogP contribution in [0.1, 0.15) is 84.8 Å². The molecule has 6 heteroatoms. The molecule has 0 saturated heterocycles. The zero-order chi connectivity index (χ0) is 25.6. The third-order valence-electron chi connectivity index (χ3n) is 9.48. The van der Waals surface area contributed by atoms with E-state index in [1.165, 1.54) is 12.7 Å². The van der Waals surface area contributed by atoms with Crippen LogP contribution < -0.4 is 5.32 Å². The maximum atomic E-state index is 13.6. The fraction of sp³-hybridized carbons (Fsp3) is 0.655. The minimum atomic E-state index is -0.563. The second kappa shape index (κ2) is 7.50. The summed E-state index contributed by atoms with van der Waals surface area (Å²) in [7, 11) is 1.45. The number of esters is 1. The molecular weight excluding hydrogens is 460 g/mol. The van der Waals surface area contributed by atoms with Gasteiger partial charge in [-0.1, -0.05) is 65.3 Å². The third kappa shape index (κ3) is 3.55. The lowest BCUT2D eigenvalue weighted by molar-refractivity contribution is -0.218. The highest BCUT2D eigenvalue weighted by atomic mass is 35.5. The molecule has 4 fully saturated rings. The summed E-state index contributed by atoms with van der Waals surface area (Å²) in [5.41, 5.74) is 2.49. The number of nitrogens with zero attached hydrogens (tertiary/aromatic N) is 1. The van der Waals surface area contributed by atoms with Crippen molar-refractivity contribution >= 4 is 23.6 Å². The van der Waals surface area contributed by atoms with Gasteiger partial charge >= 0.3 is 12.0 Å². The summed E-state index contributed by atoms with van der Waals surface area (Å²) in [5, 5.41) is 4.22. The van der Waals surface area contributed by atoms with Gasteiger partial charge in [-0.3, -0.25) is 9.69 Å². The molecule has 0 spiro atoms. The molecule has 1 unspecified atom stereocenters. The van der Waals surface area contributed by atoms with Crippen LogP contribution in [0.3, 0.4) is 0 Å². The van der Waals surface area contributed by atoms with Gasteiger partial charge in [0.2, 0.25) is 0 Å². The monoisotopic (exact) mass is 498 g/mol. The number of amides is 2. The number of aryl methyl sites for hydroxylation is 1. The van der Waals surface area contributed by atoms with E-state index in [4.69, 9.17) is 16.3 Å². The molecule has 1 heterocycles. The molecule has 35 heavy (non-hydrogen) atoms. The van der Waals surface area contributed by atoms with Crippen LogP contribution >= 0.6 is 11.6 Å². The zero-order valence-electron chi connectivity index (χ0n) is 22.2. The van der Waals surface area contributed by atoms with Gasteiger partial charge in [0.25, 0.3) is 0 Å². The number of halogens is 1. The van der Waals surface area contributed by atoms with Crippen molar-refractivity contribution in [1.29, 1.82) is 0 Å². The Morgan fingerprint density at radius 3 is 2.43 bits per heavy atom. The minimum Gasteiger partial charge on any atom is -0.469 e. The summed E-state index contributed by atoms with van der Waals surface area (Å²) < 4.78 is 5.01. The van der Waals surface area contributed by atoms with Crippen LogP contribution in [0.4, 0.5) is 4.79 Å². The van der Waals surface area contributed by atoms with Gasteiger partial charge < -0.3 is 10.1 Å². The lowest BCUT2D eigenvalue weighted by atomic mass is 9.38. The highest BCUT2D eigenvalue weighted by molar-refractivity contribution is 6.31. The lowest BCUT2D eigenvalue weighted by Crippen LogP contribution is -2.78. The molecule has 0 radical (unpaired) electrons. The van der Waals surface area contributed by atoms with Crippen LogP contribution in [-0.4, -0.2) is 29.5 Å². The first-order chi connectivity index (χ1) is 16.2. The van der Waals surface area contributed by atoms with E-state index in [1.54, 1.807) is 0 Å². The van der Waals surface area contributed by atoms with Gasteiger partial charge in [0, 0.05) is 11.2 Å². The molecule has 1 aromatic carbocycles. The summed E-state index contributed by atoms with van der Waals surface area (Å²) in [4.78, 5) is 27.7. The molecule has 0 aromatic heterocycles. The third-order valence-corrected chi connectivity index (χ3v) is 9.83. The normalized spacial score (nSPS) is 34.9. The fourth-order valence-electron chi connectivity index (χ4n) is 7.15. The Morgan fingerprint density at radius 2 is 1.86 bits per heavy atom. The van der Waals surface area contributed by atoms with Gasteiger partial charge in [-0.05, 0) is 78.0 Å². The van der Waals surface area contributed by atoms with E-state index < -0.39 is 5.54 Å². The number of ether oxygens (including phenoxy) is 1.